The fraction of sp³-hybridized carbons (Fsp3) is 0.393. The molecule has 1 atom stereocenters. The molecule has 0 N–H and O–H groups in total. The number of piperidine rings is 1. The Balaban J connectivity index is 1.10. The first-order valence-electron chi connectivity index (χ1n) is 12.4. The number of halogens is 1. The predicted molar refractivity (Wildman–Crippen MR) is 133 cm³/mol. The highest BCUT2D eigenvalue weighted by Gasteiger charge is 2.25. The molecule has 7 heteroatoms. The quantitative estimate of drug-likeness (QED) is 0.495. The summed E-state index contributed by atoms with van der Waals surface area (Å²) in [6.07, 6.45) is 5.08. The van der Waals surface area contributed by atoms with Crippen LogP contribution in [0, 0.1) is 11.7 Å². The molecule has 184 valence electrons. The molecular weight excluding hydrogens is 445 g/mol. The molecule has 2 saturated heterocycles. The molecule has 2 fully saturated rings. The van der Waals surface area contributed by atoms with Crippen LogP contribution in [0.3, 0.4) is 0 Å². The maximum atomic E-state index is 14.1. The number of amides is 1. The van der Waals surface area contributed by atoms with Gasteiger partial charge in [0.1, 0.15) is 17.8 Å². The molecule has 2 aromatic carbocycles. The van der Waals surface area contributed by atoms with Gasteiger partial charge in [-0.3, -0.25) is 9.69 Å². The molecule has 0 saturated carbocycles. The summed E-state index contributed by atoms with van der Waals surface area (Å²) in [5.74, 6) is 1.05. The largest absolute Gasteiger partial charge is 0.493 e. The number of benzene rings is 2. The van der Waals surface area contributed by atoms with Gasteiger partial charge in [0.2, 0.25) is 0 Å². The van der Waals surface area contributed by atoms with Crippen molar-refractivity contribution < 1.29 is 18.3 Å². The highest BCUT2D eigenvalue weighted by atomic mass is 19.1. The molecule has 2 aliphatic rings. The van der Waals surface area contributed by atoms with Gasteiger partial charge in [0, 0.05) is 51.7 Å². The van der Waals surface area contributed by atoms with Crippen LogP contribution in [-0.4, -0.2) is 61.6 Å². The number of carbonyl (C=O) groups is 1. The van der Waals surface area contributed by atoms with E-state index in [-0.39, 0.29) is 11.7 Å². The summed E-state index contributed by atoms with van der Waals surface area (Å²) in [5, 5.41) is 0. The lowest BCUT2D eigenvalue weighted by molar-refractivity contribution is 0.0632. The van der Waals surface area contributed by atoms with E-state index >= 15 is 0 Å². The third-order valence-electron chi connectivity index (χ3n) is 6.93. The molecule has 0 spiro atoms. The minimum atomic E-state index is -0.155. The van der Waals surface area contributed by atoms with Crippen LogP contribution in [0.5, 0.6) is 5.75 Å². The van der Waals surface area contributed by atoms with E-state index < -0.39 is 0 Å². The molecule has 3 aromatic rings. The zero-order valence-corrected chi connectivity index (χ0v) is 19.9. The number of hydrogen-bond acceptors (Lipinski definition) is 5. The Hall–Kier alpha value is -3.32. The number of ether oxygens (including phenoxy) is 1. The van der Waals surface area contributed by atoms with Gasteiger partial charge in [0.05, 0.1) is 24.1 Å². The molecule has 0 bridgehead atoms. The number of hydrogen-bond donors (Lipinski definition) is 0. The van der Waals surface area contributed by atoms with E-state index in [1.807, 2.05) is 29.2 Å². The fourth-order valence-electron chi connectivity index (χ4n) is 5.02. The maximum Gasteiger partial charge on any atom is 0.257 e. The average molecular weight is 478 g/mol. The van der Waals surface area contributed by atoms with Gasteiger partial charge in [0.25, 0.3) is 5.91 Å². The SMILES string of the molecule is O=C(c1ccoc1)N1CCCC(COc2cccc(CN3CCN(c4ccccc4F)CC3)c2)C1. The summed E-state index contributed by atoms with van der Waals surface area (Å²) in [5.41, 5.74) is 2.51. The second-order valence-corrected chi connectivity index (χ2v) is 9.44. The van der Waals surface area contributed by atoms with E-state index in [9.17, 15) is 9.18 Å². The lowest BCUT2D eigenvalue weighted by Crippen LogP contribution is -2.46. The van der Waals surface area contributed by atoms with Crippen LogP contribution in [-0.2, 0) is 6.54 Å². The third kappa shape index (κ3) is 5.85. The second-order valence-electron chi connectivity index (χ2n) is 9.44. The van der Waals surface area contributed by atoms with Gasteiger partial charge >= 0.3 is 0 Å². The van der Waals surface area contributed by atoms with E-state index in [1.54, 1.807) is 12.1 Å². The normalized spacial score (nSPS) is 19.1. The van der Waals surface area contributed by atoms with Crippen LogP contribution in [0.25, 0.3) is 0 Å². The Morgan fingerprint density at radius 3 is 2.69 bits per heavy atom. The zero-order chi connectivity index (χ0) is 24.0. The van der Waals surface area contributed by atoms with Gasteiger partial charge < -0.3 is 19.0 Å². The minimum absolute atomic E-state index is 0.0283. The third-order valence-corrected chi connectivity index (χ3v) is 6.93. The van der Waals surface area contributed by atoms with Crippen LogP contribution < -0.4 is 9.64 Å². The predicted octanol–water partition coefficient (Wildman–Crippen LogP) is 4.67. The number of furan rings is 1. The van der Waals surface area contributed by atoms with E-state index in [0.717, 1.165) is 57.9 Å². The molecule has 0 radical (unpaired) electrons. The first-order valence-corrected chi connectivity index (χ1v) is 12.4. The lowest BCUT2D eigenvalue weighted by Gasteiger charge is -2.36. The highest BCUT2D eigenvalue weighted by Crippen LogP contribution is 2.23. The molecule has 6 nitrogen and oxygen atoms in total. The van der Waals surface area contributed by atoms with E-state index in [4.69, 9.17) is 9.15 Å². The van der Waals surface area contributed by atoms with Crippen molar-refractivity contribution in [3.8, 4) is 5.75 Å². The van der Waals surface area contributed by atoms with Crippen molar-refractivity contribution >= 4 is 11.6 Å². The first kappa shape index (κ1) is 23.4. The summed E-state index contributed by atoms with van der Waals surface area (Å²) in [4.78, 5) is 19.1. The van der Waals surface area contributed by atoms with Crippen molar-refractivity contribution in [1.29, 1.82) is 0 Å². The topological polar surface area (TPSA) is 49.2 Å². The number of nitrogens with zero attached hydrogens (tertiary/aromatic N) is 3. The Labute approximate surface area is 205 Å². The number of piperazine rings is 1. The Morgan fingerprint density at radius 1 is 1.03 bits per heavy atom. The molecule has 0 aliphatic carbocycles. The summed E-state index contributed by atoms with van der Waals surface area (Å²) >= 11 is 0. The number of carbonyl (C=O) groups excluding carboxylic acids is 1. The maximum absolute atomic E-state index is 14.1. The molecule has 1 amide bonds. The number of anilines is 1. The van der Waals surface area contributed by atoms with E-state index in [1.165, 1.54) is 24.2 Å². The van der Waals surface area contributed by atoms with Crippen molar-refractivity contribution in [2.75, 3.05) is 50.8 Å². The van der Waals surface area contributed by atoms with Crippen LogP contribution in [0.4, 0.5) is 10.1 Å². The first-order chi connectivity index (χ1) is 17.2. The molecule has 5 rings (SSSR count). The van der Waals surface area contributed by atoms with Crippen molar-refractivity contribution in [2.24, 2.45) is 5.92 Å². The van der Waals surface area contributed by atoms with E-state index in [2.05, 4.69) is 21.9 Å². The molecule has 1 aromatic heterocycles. The molecular formula is C28H32FN3O3. The van der Waals surface area contributed by atoms with Gasteiger partial charge in [-0.15, -0.1) is 0 Å². The Morgan fingerprint density at radius 2 is 1.89 bits per heavy atom. The second kappa shape index (κ2) is 11.0. The van der Waals surface area contributed by atoms with Crippen molar-refractivity contribution in [3.63, 3.8) is 0 Å². The van der Waals surface area contributed by atoms with E-state index in [0.29, 0.717) is 30.3 Å². The highest BCUT2D eigenvalue weighted by molar-refractivity contribution is 5.93. The number of likely N-dealkylation sites (tertiary alicyclic amines) is 1. The monoisotopic (exact) mass is 477 g/mol. The summed E-state index contributed by atoms with van der Waals surface area (Å²) < 4.78 is 25.3. The molecule has 3 heterocycles. The standard InChI is InChI=1S/C28H32FN3O3/c29-26-8-1-2-9-27(26)31-14-12-30(13-15-31)18-22-5-3-7-25(17-22)35-20-23-6-4-11-32(19-23)28(33)24-10-16-34-21-24/h1-3,5,7-10,16-17,21,23H,4,6,11-15,18-20H2. The average Bonchev–Trinajstić information content (AvgIpc) is 3.44. The summed E-state index contributed by atoms with van der Waals surface area (Å²) in [7, 11) is 0. The van der Waals surface area contributed by atoms with Gasteiger partial charge in [-0.1, -0.05) is 24.3 Å². The molecule has 1 unspecified atom stereocenters. The van der Waals surface area contributed by atoms with Gasteiger partial charge in [0.15, 0.2) is 0 Å². The number of para-hydroxylation sites is 1. The van der Waals surface area contributed by atoms with Crippen LogP contribution in [0.1, 0.15) is 28.8 Å². The number of rotatable bonds is 7. The Kier molecular flexibility index (Phi) is 7.33. The Bertz CT molecular complexity index is 1110. The zero-order valence-electron chi connectivity index (χ0n) is 19.9. The van der Waals surface area contributed by atoms with Crippen LogP contribution in [0.15, 0.2) is 71.5 Å². The summed E-state index contributed by atoms with van der Waals surface area (Å²) in [6, 6.07) is 17.0. The minimum Gasteiger partial charge on any atom is -0.493 e. The van der Waals surface area contributed by atoms with Crippen molar-refractivity contribution in [3.05, 3.63) is 84.1 Å². The smallest absolute Gasteiger partial charge is 0.257 e. The van der Waals surface area contributed by atoms with Gasteiger partial charge in [-0.25, -0.2) is 4.39 Å². The van der Waals surface area contributed by atoms with Gasteiger partial charge in [-0.2, -0.15) is 0 Å². The van der Waals surface area contributed by atoms with Gasteiger partial charge in [-0.05, 0) is 48.7 Å². The van der Waals surface area contributed by atoms with Crippen molar-refractivity contribution in [1.82, 2.24) is 9.80 Å². The van der Waals surface area contributed by atoms with Crippen LogP contribution in [0.2, 0.25) is 0 Å². The fourth-order valence-corrected chi connectivity index (χ4v) is 5.02. The lowest BCUT2D eigenvalue weighted by atomic mass is 9.98. The van der Waals surface area contributed by atoms with Crippen molar-refractivity contribution in [2.45, 2.75) is 19.4 Å². The summed E-state index contributed by atoms with van der Waals surface area (Å²) in [6.45, 7) is 6.33. The molecule has 35 heavy (non-hydrogen) atoms. The van der Waals surface area contributed by atoms with Crippen LogP contribution >= 0.6 is 0 Å². The molecule has 2 aliphatic heterocycles.